The Hall–Kier alpha value is -2.10. The van der Waals surface area contributed by atoms with Crippen LogP contribution in [0.1, 0.15) is 6.42 Å². The lowest BCUT2D eigenvalue weighted by molar-refractivity contribution is -0.148. The fourth-order valence-corrected chi connectivity index (χ4v) is 6.00. The first kappa shape index (κ1) is 19.2. The Morgan fingerprint density at radius 3 is 3.00 bits per heavy atom. The Labute approximate surface area is 174 Å². The number of hydrogen-bond donors (Lipinski definition) is 2. The van der Waals surface area contributed by atoms with Crippen LogP contribution in [0.3, 0.4) is 0 Å². The van der Waals surface area contributed by atoms with Crippen molar-refractivity contribution in [3.05, 3.63) is 17.6 Å². The molecule has 1 amide bonds. The fourth-order valence-electron chi connectivity index (χ4n) is 3.24. The van der Waals surface area contributed by atoms with Crippen molar-refractivity contribution in [1.29, 1.82) is 5.26 Å². The summed E-state index contributed by atoms with van der Waals surface area (Å²) in [6, 6.07) is 1.64. The second-order valence-corrected chi connectivity index (χ2v) is 9.23. The van der Waals surface area contributed by atoms with E-state index in [1.54, 1.807) is 10.9 Å². The van der Waals surface area contributed by atoms with Gasteiger partial charge in [0.2, 0.25) is 0 Å². The summed E-state index contributed by atoms with van der Waals surface area (Å²) in [6.45, 7) is 0. The van der Waals surface area contributed by atoms with Gasteiger partial charge in [0, 0.05) is 24.5 Å². The van der Waals surface area contributed by atoms with E-state index in [9.17, 15) is 14.7 Å². The van der Waals surface area contributed by atoms with Crippen LogP contribution in [0.15, 0.2) is 22.8 Å². The minimum atomic E-state index is -1.11. The molecule has 3 aliphatic rings. The number of rotatable bonds is 6. The lowest BCUT2D eigenvalue weighted by atomic mass is 10.0. The Kier molecular flexibility index (Phi) is 5.07. The molecule has 146 valence electrons. The molecule has 0 aromatic carbocycles. The summed E-state index contributed by atoms with van der Waals surface area (Å²) < 4.78 is 1.76. The van der Waals surface area contributed by atoms with Crippen LogP contribution in [0, 0.1) is 23.2 Å². The van der Waals surface area contributed by atoms with E-state index in [1.807, 2.05) is 7.05 Å². The number of nitriles is 1. The van der Waals surface area contributed by atoms with E-state index in [0.29, 0.717) is 33.6 Å². The highest BCUT2D eigenvalue weighted by Gasteiger charge is 2.55. The predicted molar refractivity (Wildman–Crippen MR) is 106 cm³/mol. The van der Waals surface area contributed by atoms with Crippen molar-refractivity contribution >= 4 is 52.6 Å². The summed E-state index contributed by atoms with van der Waals surface area (Å²) in [5.74, 6) is -0.560. The molecule has 0 bridgehead atoms. The average Bonchev–Trinajstić information content (AvgIpc) is 3.37. The van der Waals surface area contributed by atoms with Gasteiger partial charge in [-0.25, -0.2) is 4.79 Å². The minimum Gasteiger partial charge on any atom is -0.477 e. The number of amides is 1. The number of carboxylic acids is 1. The van der Waals surface area contributed by atoms with Gasteiger partial charge in [0.15, 0.2) is 5.16 Å². The predicted octanol–water partition coefficient (Wildman–Crippen LogP) is 0.606. The molecule has 4 atom stereocenters. The molecule has 2 aliphatic heterocycles. The highest BCUT2D eigenvalue weighted by atomic mass is 32.2. The Morgan fingerprint density at radius 2 is 2.39 bits per heavy atom. The third-order valence-corrected chi connectivity index (χ3v) is 7.77. The van der Waals surface area contributed by atoms with Crippen molar-refractivity contribution in [1.82, 2.24) is 25.0 Å². The molecule has 0 spiro atoms. The Morgan fingerprint density at radius 1 is 1.61 bits per heavy atom. The molecule has 1 aromatic rings. The third kappa shape index (κ3) is 3.27. The Bertz CT molecular complexity index is 938. The van der Waals surface area contributed by atoms with Crippen LogP contribution in [0.4, 0.5) is 0 Å². The topological polar surface area (TPSA) is 124 Å². The lowest BCUT2D eigenvalue weighted by Gasteiger charge is -2.49. The number of carbonyl (C=O) groups is 2. The number of carbonyl (C=O) groups excluding carboxylic acids is 1. The summed E-state index contributed by atoms with van der Waals surface area (Å²) in [6.07, 6.45) is 2.30. The van der Waals surface area contributed by atoms with E-state index >= 15 is 0 Å². The molecule has 9 nitrogen and oxygen atoms in total. The van der Waals surface area contributed by atoms with Crippen LogP contribution in [0.5, 0.6) is 0 Å². The van der Waals surface area contributed by atoms with Crippen molar-refractivity contribution in [2.24, 2.45) is 18.9 Å². The van der Waals surface area contributed by atoms with E-state index < -0.39 is 12.0 Å². The van der Waals surface area contributed by atoms with Crippen LogP contribution < -0.4 is 5.32 Å². The van der Waals surface area contributed by atoms with Crippen molar-refractivity contribution in [3.63, 3.8) is 0 Å². The van der Waals surface area contributed by atoms with Gasteiger partial charge in [-0.3, -0.25) is 9.69 Å². The number of thiocarbonyl (C=S) groups is 1. The van der Waals surface area contributed by atoms with E-state index in [-0.39, 0.29) is 28.8 Å². The van der Waals surface area contributed by atoms with Gasteiger partial charge in [0.05, 0.1) is 17.0 Å². The van der Waals surface area contributed by atoms with Crippen molar-refractivity contribution < 1.29 is 14.7 Å². The molecule has 2 N–H and O–H groups in total. The smallest absolute Gasteiger partial charge is 0.352 e. The summed E-state index contributed by atoms with van der Waals surface area (Å²) in [7, 11) is 1.81. The summed E-state index contributed by atoms with van der Waals surface area (Å²) in [4.78, 5) is 26.4. The summed E-state index contributed by atoms with van der Waals surface area (Å²) >= 11 is 8.22. The molecular weight excluding hydrogens is 420 g/mol. The molecule has 3 heterocycles. The fraction of sp³-hybridized carbons (Fsp3) is 0.500. The molecule has 1 aromatic heterocycles. The first-order chi connectivity index (χ1) is 13.4. The number of fused-ring (bicyclic) bond motifs is 1. The summed E-state index contributed by atoms with van der Waals surface area (Å²) in [5, 5.41) is 29.9. The molecular formula is C16H16N6O3S3. The van der Waals surface area contributed by atoms with Gasteiger partial charge in [-0.15, -0.1) is 22.0 Å². The zero-order chi connectivity index (χ0) is 20.0. The molecule has 0 radical (unpaired) electrons. The zero-order valence-corrected chi connectivity index (χ0v) is 17.2. The van der Waals surface area contributed by atoms with E-state index in [0.717, 1.165) is 0 Å². The van der Waals surface area contributed by atoms with Crippen LogP contribution >= 0.6 is 35.7 Å². The number of thioether (sulfide) groups is 2. The largest absolute Gasteiger partial charge is 0.477 e. The van der Waals surface area contributed by atoms with Gasteiger partial charge in [-0.1, -0.05) is 24.0 Å². The van der Waals surface area contributed by atoms with Gasteiger partial charge in [0.25, 0.3) is 5.91 Å². The first-order valence-corrected chi connectivity index (χ1v) is 10.9. The van der Waals surface area contributed by atoms with Crippen molar-refractivity contribution in [2.75, 3.05) is 11.5 Å². The van der Waals surface area contributed by atoms with Crippen LogP contribution in [0.2, 0.25) is 0 Å². The number of β-lactam (4-membered cyclic amide) rings is 1. The zero-order valence-electron chi connectivity index (χ0n) is 14.7. The van der Waals surface area contributed by atoms with Gasteiger partial charge in [0.1, 0.15) is 23.4 Å². The molecule has 2 fully saturated rings. The standard InChI is InChI=1S/C16H16N6O3S3/c1-21-6-18-20-16(21)28-5-8-4-27-14-10(13(23)22(14)11(8)15(24)25)19-12(26)9-2-7(9)3-17/h6-7,9-10,14H,2,4-5H2,1H3,(H,19,26)(H,24,25)/t7-,9-,10?,14-/m0/s1. The Balaban J connectivity index is 1.46. The maximum atomic E-state index is 12.7. The molecule has 1 aliphatic carbocycles. The van der Waals surface area contributed by atoms with Crippen molar-refractivity contribution in [3.8, 4) is 6.07 Å². The molecule has 1 saturated heterocycles. The highest BCUT2D eigenvalue weighted by molar-refractivity contribution is 8.01. The quantitative estimate of drug-likeness (QED) is 0.372. The minimum absolute atomic E-state index is 0.00304. The maximum absolute atomic E-state index is 12.7. The number of aryl methyl sites for hydroxylation is 1. The van der Waals surface area contributed by atoms with Gasteiger partial charge in [-0.2, -0.15) is 5.26 Å². The third-order valence-electron chi connectivity index (χ3n) is 4.89. The number of carboxylic acid groups (broad SMARTS) is 1. The second-order valence-electron chi connectivity index (χ2n) is 6.74. The van der Waals surface area contributed by atoms with Gasteiger partial charge in [-0.05, 0) is 12.0 Å². The maximum Gasteiger partial charge on any atom is 0.352 e. The summed E-state index contributed by atoms with van der Waals surface area (Å²) in [5.41, 5.74) is 0.733. The first-order valence-electron chi connectivity index (χ1n) is 8.49. The lowest BCUT2D eigenvalue weighted by Crippen LogP contribution is -2.70. The average molecular weight is 437 g/mol. The highest BCUT2D eigenvalue weighted by Crippen LogP contribution is 2.43. The van der Waals surface area contributed by atoms with Gasteiger partial charge >= 0.3 is 5.97 Å². The number of aromatic nitrogens is 3. The molecule has 28 heavy (non-hydrogen) atoms. The van der Waals surface area contributed by atoms with E-state index in [1.165, 1.54) is 28.4 Å². The normalized spacial score (nSPS) is 28.3. The van der Waals surface area contributed by atoms with Crippen LogP contribution in [-0.2, 0) is 16.6 Å². The number of aliphatic carboxylic acids is 1. The number of hydrogen-bond acceptors (Lipinski definition) is 8. The number of nitrogens with one attached hydrogen (secondary N) is 1. The van der Waals surface area contributed by atoms with Crippen LogP contribution in [-0.4, -0.2) is 64.6 Å². The van der Waals surface area contributed by atoms with E-state index in [4.69, 9.17) is 17.5 Å². The molecule has 4 rings (SSSR count). The second kappa shape index (κ2) is 7.38. The number of nitrogens with zero attached hydrogens (tertiary/aromatic N) is 5. The molecule has 1 saturated carbocycles. The van der Waals surface area contributed by atoms with Crippen LogP contribution in [0.25, 0.3) is 0 Å². The van der Waals surface area contributed by atoms with Gasteiger partial charge < -0.3 is 15.0 Å². The SMILES string of the molecule is Cn1cnnc1SCC1=C(C(=O)O)N2C(=O)C(NC(=S)[C@H]3C[C@H]3C#N)[C@@H]2SC1. The monoisotopic (exact) mass is 436 g/mol. The molecule has 1 unspecified atom stereocenters. The van der Waals surface area contributed by atoms with Crippen molar-refractivity contribution in [2.45, 2.75) is 23.0 Å². The van der Waals surface area contributed by atoms with E-state index in [2.05, 4.69) is 21.6 Å². The molecule has 12 heteroatoms.